The molecule has 0 radical (unpaired) electrons. The molecule has 2 aromatic rings. The molecule has 0 saturated carbocycles. The number of hydrogen-bond donors (Lipinski definition) is 2. The lowest BCUT2D eigenvalue weighted by molar-refractivity contribution is 0.198. The fourth-order valence-corrected chi connectivity index (χ4v) is 3.69. The largest absolute Gasteiger partial charge is 0.354 e. The van der Waals surface area contributed by atoms with Gasteiger partial charge in [0.15, 0.2) is 5.96 Å². The summed E-state index contributed by atoms with van der Waals surface area (Å²) in [5.74, 6) is 0.900. The third-order valence-corrected chi connectivity index (χ3v) is 5.35. The van der Waals surface area contributed by atoms with Gasteiger partial charge in [-0.15, -0.1) is 24.0 Å². The van der Waals surface area contributed by atoms with Crippen molar-refractivity contribution >= 4 is 29.9 Å². The van der Waals surface area contributed by atoms with Gasteiger partial charge in [-0.3, -0.25) is 9.89 Å². The number of rotatable bonds is 5. The van der Waals surface area contributed by atoms with Gasteiger partial charge < -0.3 is 10.6 Å². The van der Waals surface area contributed by atoms with E-state index in [1.807, 2.05) is 7.05 Å². The van der Waals surface area contributed by atoms with Gasteiger partial charge in [0.1, 0.15) is 0 Å². The molecule has 28 heavy (non-hydrogen) atoms. The van der Waals surface area contributed by atoms with Crippen molar-refractivity contribution in [1.29, 1.82) is 0 Å². The normalized spacial score (nSPS) is 15.8. The van der Waals surface area contributed by atoms with Crippen LogP contribution in [0.3, 0.4) is 0 Å². The first kappa shape index (κ1) is 22.7. The molecule has 1 aliphatic heterocycles. The Kier molecular flexibility index (Phi) is 9.25. The number of piperidine rings is 1. The maximum atomic E-state index is 4.41. The summed E-state index contributed by atoms with van der Waals surface area (Å²) in [4.78, 5) is 6.95. The molecule has 0 aliphatic carbocycles. The molecule has 0 spiro atoms. The lowest BCUT2D eigenvalue weighted by Crippen LogP contribution is -2.48. The van der Waals surface area contributed by atoms with Gasteiger partial charge in [0.2, 0.25) is 0 Å². The summed E-state index contributed by atoms with van der Waals surface area (Å²) in [5.41, 5.74) is 5.35. The van der Waals surface area contributed by atoms with Crippen LogP contribution in [0.4, 0.5) is 0 Å². The Balaban J connectivity index is 0.00000280. The van der Waals surface area contributed by atoms with Gasteiger partial charge in [-0.1, -0.05) is 54.1 Å². The molecule has 1 saturated heterocycles. The highest BCUT2D eigenvalue weighted by molar-refractivity contribution is 14.0. The van der Waals surface area contributed by atoms with E-state index >= 15 is 0 Å². The van der Waals surface area contributed by atoms with E-state index in [1.165, 1.54) is 22.3 Å². The fraction of sp³-hybridized carbons (Fsp3) is 0.435. The first-order valence-electron chi connectivity index (χ1n) is 9.93. The van der Waals surface area contributed by atoms with Crippen molar-refractivity contribution in [3.05, 3.63) is 70.8 Å². The van der Waals surface area contributed by atoms with E-state index in [-0.39, 0.29) is 24.0 Å². The van der Waals surface area contributed by atoms with Crippen molar-refractivity contribution < 1.29 is 0 Å². The maximum Gasteiger partial charge on any atom is 0.191 e. The molecule has 0 unspecified atom stereocenters. The van der Waals surface area contributed by atoms with Crippen molar-refractivity contribution in [3.8, 4) is 0 Å². The minimum Gasteiger partial charge on any atom is -0.354 e. The molecule has 0 aromatic heterocycles. The molecule has 0 bridgehead atoms. The lowest BCUT2D eigenvalue weighted by Gasteiger charge is -2.33. The summed E-state index contributed by atoms with van der Waals surface area (Å²) in [5, 5.41) is 7.07. The average Bonchev–Trinajstić information content (AvgIpc) is 2.68. The van der Waals surface area contributed by atoms with E-state index in [1.54, 1.807) is 0 Å². The molecule has 1 heterocycles. The van der Waals surface area contributed by atoms with Crippen LogP contribution in [0, 0.1) is 13.8 Å². The number of aryl methyl sites for hydroxylation is 2. The van der Waals surface area contributed by atoms with Gasteiger partial charge in [0.05, 0.1) is 0 Å². The van der Waals surface area contributed by atoms with Crippen LogP contribution >= 0.6 is 24.0 Å². The topological polar surface area (TPSA) is 39.7 Å². The van der Waals surface area contributed by atoms with E-state index < -0.39 is 0 Å². The number of guanidine groups is 1. The molecule has 1 aliphatic rings. The van der Waals surface area contributed by atoms with Crippen molar-refractivity contribution in [3.63, 3.8) is 0 Å². The van der Waals surface area contributed by atoms with Crippen molar-refractivity contribution in [2.24, 2.45) is 4.99 Å². The van der Waals surface area contributed by atoms with Crippen LogP contribution in [0.25, 0.3) is 0 Å². The Bertz CT molecular complexity index is 752. The highest BCUT2D eigenvalue weighted by Gasteiger charge is 2.20. The summed E-state index contributed by atoms with van der Waals surface area (Å²) in [6, 6.07) is 17.8. The third kappa shape index (κ3) is 6.78. The molecule has 2 aromatic carbocycles. The van der Waals surface area contributed by atoms with Crippen LogP contribution in [-0.4, -0.2) is 37.0 Å². The zero-order valence-corrected chi connectivity index (χ0v) is 19.6. The number of benzene rings is 2. The summed E-state index contributed by atoms with van der Waals surface area (Å²) >= 11 is 0. The predicted molar refractivity (Wildman–Crippen MR) is 129 cm³/mol. The van der Waals surface area contributed by atoms with E-state index in [9.17, 15) is 0 Å². The van der Waals surface area contributed by atoms with Gasteiger partial charge in [0.25, 0.3) is 0 Å². The van der Waals surface area contributed by atoms with Crippen LogP contribution in [0.5, 0.6) is 0 Å². The zero-order valence-electron chi connectivity index (χ0n) is 17.2. The predicted octanol–water partition coefficient (Wildman–Crippen LogP) is 4.25. The molecule has 5 heteroatoms. The minimum absolute atomic E-state index is 0. The highest BCUT2D eigenvalue weighted by Crippen LogP contribution is 2.14. The molecular formula is C23H33IN4. The Morgan fingerprint density at radius 3 is 2.43 bits per heavy atom. The van der Waals surface area contributed by atoms with E-state index in [2.05, 4.69) is 82.9 Å². The number of likely N-dealkylation sites (tertiary alicyclic amines) is 1. The summed E-state index contributed by atoms with van der Waals surface area (Å²) in [6.45, 7) is 8.41. The second-order valence-corrected chi connectivity index (χ2v) is 7.54. The molecular weight excluding hydrogens is 459 g/mol. The van der Waals surface area contributed by atoms with Crippen LogP contribution in [0.2, 0.25) is 0 Å². The fourth-order valence-electron chi connectivity index (χ4n) is 3.69. The van der Waals surface area contributed by atoms with Crippen molar-refractivity contribution in [2.45, 2.75) is 45.8 Å². The quantitative estimate of drug-likeness (QED) is 0.373. The SMILES string of the molecule is CN=C(NCc1ccc(C)cc1C)NC1CCN(Cc2ccccc2)CC1.I. The molecule has 2 N–H and O–H groups in total. The summed E-state index contributed by atoms with van der Waals surface area (Å²) in [6.07, 6.45) is 2.30. The van der Waals surface area contributed by atoms with Crippen LogP contribution in [0.1, 0.15) is 35.1 Å². The molecule has 0 atom stereocenters. The van der Waals surface area contributed by atoms with E-state index in [4.69, 9.17) is 0 Å². The van der Waals surface area contributed by atoms with E-state index in [0.29, 0.717) is 6.04 Å². The number of nitrogens with one attached hydrogen (secondary N) is 2. The first-order valence-corrected chi connectivity index (χ1v) is 9.93. The van der Waals surface area contributed by atoms with Crippen molar-refractivity contribution in [1.82, 2.24) is 15.5 Å². The monoisotopic (exact) mass is 492 g/mol. The number of hydrogen-bond acceptors (Lipinski definition) is 2. The molecule has 1 fully saturated rings. The standard InChI is InChI=1S/C23H32N4.HI/c1-18-9-10-21(19(2)15-18)16-25-23(24-3)26-22-11-13-27(14-12-22)17-20-7-5-4-6-8-20;/h4-10,15,22H,11-14,16-17H2,1-3H3,(H2,24,25,26);1H. The van der Waals surface area contributed by atoms with Gasteiger partial charge >= 0.3 is 0 Å². The zero-order chi connectivity index (χ0) is 19.1. The number of aliphatic imine (C=N–C) groups is 1. The smallest absolute Gasteiger partial charge is 0.191 e. The van der Waals surface area contributed by atoms with Gasteiger partial charge in [-0.25, -0.2) is 0 Å². The average molecular weight is 492 g/mol. The Morgan fingerprint density at radius 1 is 1.07 bits per heavy atom. The second kappa shape index (κ2) is 11.4. The Morgan fingerprint density at radius 2 is 1.79 bits per heavy atom. The van der Waals surface area contributed by atoms with Gasteiger partial charge in [-0.2, -0.15) is 0 Å². The molecule has 0 amide bonds. The summed E-state index contributed by atoms with van der Waals surface area (Å²) < 4.78 is 0. The molecule has 4 nitrogen and oxygen atoms in total. The minimum atomic E-state index is 0. The van der Waals surface area contributed by atoms with Crippen LogP contribution < -0.4 is 10.6 Å². The Hall–Kier alpha value is -1.60. The number of halogens is 1. The third-order valence-electron chi connectivity index (χ3n) is 5.35. The first-order chi connectivity index (χ1) is 13.1. The lowest BCUT2D eigenvalue weighted by atomic mass is 10.0. The van der Waals surface area contributed by atoms with Crippen LogP contribution in [0.15, 0.2) is 53.5 Å². The maximum absolute atomic E-state index is 4.41. The van der Waals surface area contributed by atoms with E-state index in [0.717, 1.165) is 45.0 Å². The van der Waals surface area contributed by atoms with Gasteiger partial charge in [0, 0.05) is 39.3 Å². The number of nitrogens with zero attached hydrogens (tertiary/aromatic N) is 2. The summed E-state index contributed by atoms with van der Waals surface area (Å²) in [7, 11) is 1.85. The molecule has 3 rings (SSSR count). The second-order valence-electron chi connectivity index (χ2n) is 7.54. The highest BCUT2D eigenvalue weighted by atomic mass is 127. The van der Waals surface area contributed by atoms with Gasteiger partial charge in [-0.05, 0) is 43.4 Å². The van der Waals surface area contributed by atoms with Crippen LogP contribution in [-0.2, 0) is 13.1 Å². The van der Waals surface area contributed by atoms with Crippen molar-refractivity contribution in [2.75, 3.05) is 20.1 Å². The molecule has 152 valence electrons. The Labute approximate surface area is 186 Å².